The number of nitrogen functional groups attached to an aromatic ring is 1. The van der Waals surface area contributed by atoms with Crippen LogP contribution in [0.25, 0.3) is 0 Å². The molecule has 1 aliphatic rings. The van der Waals surface area contributed by atoms with Crippen molar-refractivity contribution in [2.75, 3.05) is 12.4 Å². The maximum Gasteiger partial charge on any atom is 0.187 e. The Hall–Kier alpha value is -1.90. The monoisotopic (exact) mass is 451 g/mol. The van der Waals surface area contributed by atoms with Gasteiger partial charge in [0.25, 0.3) is 0 Å². The van der Waals surface area contributed by atoms with Crippen LogP contribution in [0, 0.1) is 5.92 Å². The Morgan fingerprint density at radius 3 is 2.82 bits per heavy atom. The lowest BCUT2D eigenvalue weighted by Gasteiger charge is -2.44. The van der Waals surface area contributed by atoms with E-state index in [0.29, 0.717) is 22.3 Å². The number of aliphatic hydroxyl groups is 2. The van der Waals surface area contributed by atoms with Crippen molar-refractivity contribution in [2.45, 2.75) is 43.8 Å². The molecule has 28 heavy (non-hydrogen) atoms. The molecule has 2 aromatic heterocycles. The predicted octanol–water partition coefficient (Wildman–Crippen LogP) is 2.82. The third kappa shape index (κ3) is 3.94. The Bertz CT molecular complexity index is 868. The van der Waals surface area contributed by atoms with Crippen LogP contribution in [0.15, 0.2) is 35.2 Å². The zero-order valence-corrected chi connectivity index (χ0v) is 17.1. The van der Waals surface area contributed by atoms with Gasteiger partial charge in [0.1, 0.15) is 22.6 Å². The van der Waals surface area contributed by atoms with Crippen LogP contribution in [0.2, 0.25) is 0 Å². The van der Waals surface area contributed by atoms with E-state index in [0.717, 1.165) is 5.56 Å². The van der Waals surface area contributed by atoms with Crippen LogP contribution in [0.5, 0.6) is 0 Å². The molecular formula is C20H23BrFN3O3. The zero-order chi connectivity index (χ0) is 20.5. The maximum atomic E-state index is 13.3. The largest absolute Gasteiger partial charge is 0.397 e. The molecule has 0 aliphatic heterocycles. The number of ketones is 1. The number of carbonyl (C=O) groups is 1. The van der Waals surface area contributed by atoms with Crippen molar-refractivity contribution in [3.63, 3.8) is 0 Å². The van der Waals surface area contributed by atoms with E-state index >= 15 is 0 Å². The Morgan fingerprint density at radius 1 is 1.39 bits per heavy atom. The van der Waals surface area contributed by atoms with Gasteiger partial charge in [-0.1, -0.05) is 6.92 Å². The number of carbonyl (C=O) groups excluding carboxylic acids is 1. The second-order valence-corrected chi connectivity index (χ2v) is 8.27. The van der Waals surface area contributed by atoms with Crippen molar-refractivity contribution in [1.29, 1.82) is 0 Å². The van der Waals surface area contributed by atoms with Crippen molar-refractivity contribution in [2.24, 2.45) is 5.92 Å². The topological polar surface area (TPSA) is 109 Å². The van der Waals surface area contributed by atoms with E-state index in [1.165, 1.54) is 0 Å². The first-order valence-electron chi connectivity index (χ1n) is 9.10. The van der Waals surface area contributed by atoms with Gasteiger partial charge in [-0.15, -0.1) is 0 Å². The molecule has 1 aliphatic carbocycles. The van der Waals surface area contributed by atoms with Crippen molar-refractivity contribution in [3.8, 4) is 0 Å². The highest BCUT2D eigenvalue weighted by Gasteiger charge is 2.47. The van der Waals surface area contributed by atoms with Crippen LogP contribution in [-0.4, -0.2) is 44.3 Å². The van der Waals surface area contributed by atoms with Gasteiger partial charge in [0.15, 0.2) is 5.78 Å². The molecule has 0 spiro atoms. The van der Waals surface area contributed by atoms with E-state index in [-0.39, 0.29) is 30.2 Å². The summed E-state index contributed by atoms with van der Waals surface area (Å²) in [7, 11) is 0. The molecule has 0 bridgehead atoms. The van der Waals surface area contributed by atoms with E-state index in [2.05, 4.69) is 25.9 Å². The fourth-order valence-corrected chi connectivity index (χ4v) is 4.22. The Labute approximate surface area is 171 Å². The lowest BCUT2D eigenvalue weighted by atomic mass is 9.68. The molecule has 0 aromatic carbocycles. The van der Waals surface area contributed by atoms with Gasteiger partial charge in [0.05, 0.1) is 11.8 Å². The van der Waals surface area contributed by atoms with Gasteiger partial charge in [-0.3, -0.25) is 9.78 Å². The molecular weight excluding hydrogens is 429 g/mol. The van der Waals surface area contributed by atoms with Crippen LogP contribution in [0.4, 0.5) is 10.1 Å². The molecule has 0 radical (unpaired) electrons. The molecule has 3 rings (SSSR count). The van der Waals surface area contributed by atoms with Gasteiger partial charge < -0.3 is 15.9 Å². The highest BCUT2D eigenvalue weighted by atomic mass is 79.9. The first-order chi connectivity index (χ1) is 13.3. The number of hydrogen-bond donors (Lipinski definition) is 3. The minimum Gasteiger partial charge on any atom is -0.397 e. The lowest BCUT2D eigenvalue weighted by molar-refractivity contribution is -0.146. The molecule has 2 aromatic rings. The van der Waals surface area contributed by atoms with E-state index in [4.69, 9.17) is 5.73 Å². The van der Waals surface area contributed by atoms with Gasteiger partial charge in [0.2, 0.25) is 0 Å². The second kappa shape index (κ2) is 8.23. The van der Waals surface area contributed by atoms with Crippen LogP contribution < -0.4 is 5.73 Å². The number of pyridine rings is 2. The maximum absolute atomic E-state index is 13.3. The van der Waals surface area contributed by atoms with Gasteiger partial charge in [0, 0.05) is 18.8 Å². The molecule has 0 amide bonds. The molecule has 4 N–H and O–H groups in total. The third-order valence-electron chi connectivity index (χ3n) is 5.68. The van der Waals surface area contributed by atoms with Crippen molar-refractivity contribution in [3.05, 3.63) is 52.0 Å². The predicted molar refractivity (Wildman–Crippen MR) is 107 cm³/mol. The summed E-state index contributed by atoms with van der Waals surface area (Å²) in [6.45, 7) is 0.741. The lowest BCUT2D eigenvalue weighted by Crippen LogP contribution is -2.54. The number of hydrogen-bond acceptors (Lipinski definition) is 6. The molecule has 8 heteroatoms. The fraction of sp³-hybridized carbons (Fsp3) is 0.450. The minimum absolute atomic E-state index is 0.0607. The van der Waals surface area contributed by atoms with Crippen LogP contribution in [-0.2, 0) is 6.42 Å². The van der Waals surface area contributed by atoms with Crippen molar-refractivity contribution in [1.82, 2.24) is 9.97 Å². The highest BCUT2D eigenvalue weighted by Crippen LogP contribution is 2.43. The number of aromatic nitrogens is 2. The van der Waals surface area contributed by atoms with Crippen LogP contribution in [0.1, 0.15) is 47.3 Å². The van der Waals surface area contributed by atoms with E-state index in [9.17, 15) is 19.4 Å². The summed E-state index contributed by atoms with van der Waals surface area (Å²) in [5, 5.41) is 20.7. The summed E-state index contributed by atoms with van der Waals surface area (Å²) >= 11 is 3.24. The van der Waals surface area contributed by atoms with Gasteiger partial charge in [-0.05, 0) is 69.9 Å². The number of nitrogens with zero attached hydrogens (tertiary/aromatic N) is 2. The Morgan fingerprint density at radius 2 is 2.14 bits per heavy atom. The Balaban J connectivity index is 1.86. The number of halogens is 2. The standard InChI is InChI=1S/C20H23BrFN3O3/c1-11-6-12(8-17(27)20(11,28)10-22)14-4-5-24-9-13(14)7-16(26)19-15(23)2-3-18(21)25-19/h2-5,9,11-12,17,27-28H,6-8,10,23H2,1H3/t11-,12+,17+,20+/m0/s1. The van der Waals surface area contributed by atoms with Crippen molar-refractivity contribution < 1.29 is 19.4 Å². The van der Waals surface area contributed by atoms with Gasteiger partial charge >= 0.3 is 0 Å². The summed E-state index contributed by atoms with van der Waals surface area (Å²) in [6, 6.07) is 5.09. The molecule has 1 saturated carbocycles. The zero-order valence-electron chi connectivity index (χ0n) is 15.5. The normalized spacial score (nSPS) is 27.5. The summed E-state index contributed by atoms with van der Waals surface area (Å²) in [6.07, 6.45) is 2.85. The molecule has 150 valence electrons. The number of anilines is 1. The molecule has 4 atom stereocenters. The van der Waals surface area contributed by atoms with E-state index < -0.39 is 24.3 Å². The quantitative estimate of drug-likeness (QED) is 0.476. The highest BCUT2D eigenvalue weighted by molar-refractivity contribution is 9.10. The number of nitrogens with two attached hydrogens (primary N) is 1. The number of rotatable bonds is 5. The second-order valence-electron chi connectivity index (χ2n) is 7.46. The number of Topliss-reactive ketones (excluding diaryl/α,β-unsaturated/α-hetero) is 1. The summed E-state index contributed by atoms with van der Waals surface area (Å²) in [4.78, 5) is 21.1. The van der Waals surface area contributed by atoms with Gasteiger partial charge in [-0.2, -0.15) is 0 Å². The van der Waals surface area contributed by atoms with Gasteiger partial charge in [-0.25, -0.2) is 9.37 Å². The van der Waals surface area contributed by atoms with E-state index in [1.54, 1.807) is 31.5 Å². The third-order valence-corrected chi connectivity index (χ3v) is 6.12. The molecule has 0 unspecified atom stereocenters. The fourth-order valence-electron chi connectivity index (χ4n) is 3.91. The molecule has 1 fully saturated rings. The Kier molecular flexibility index (Phi) is 6.12. The minimum atomic E-state index is -1.73. The number of aliphatic hydroxyl groups excluding tert-OH is 1. The van der Waals surface area contributed by atoms with Crippen molar-refractivity contribution >= 4 is 27.4 Å². The van der Waals surface area contributed by atoms with Crippen LogP contribution in [0.3, 0.4) is 0 Å². The molecule has 2 heterocycles. The average Bonchev–Trinajstić information content (AvgIpc) is 2.68. The smallest absolute Gasteiger partial charge is 0.187 e. The van der Waals surface area contributed by atoms with E-state index in [1.807, 2.05) is 6.07 Å². The first-order valence-corrected chi connectivity index (χ1v) is 9.90. The molecule has 0 saturated heterocycles. The number of alkyl halides is 1. The van der Waals surface area contributed by atoms with Crippen LogP contribution >= 0.6 is 15.9 Å². The SMILES string of the molecule is C[C@H]1C[C@@H](c2ccncc2CC(=O)c2nc(Br)ccc2N)C[C@@H](O)[C@@]1(O)CF. The summed E-state index contributed by atoms with van der Waals surface area (Å²) in [5.41, 5.74) is 6.23. The summed E-state index contributed by atoms with van der Waals surface area (Å²) in [5.74, 6) is -0.779. The average molecular weight is 452 g/mol. The molecule has 6 nitrogen and oxygen atoms in total. The summed E-state index contributed by atoms with van der Waals surface area (Å²) < 4.78 is 13.8. The first kappa shape index (κ1) is 20.8.